The molecule has 1 aromatic rings. The third kappa shape index (κ3) is 3.34. The molecule has 1 aromatic heterocycles. The molecule has 19 heavy (non-hydrogen) atoms. The van der Waals surface area contributed by atoms with E-state index in [-0.39, 0.29) is 22.8 Å². The maximum absolute atomic E-state index is 12.2. The topological polar surface area (TPSA) is 90.2 Å². The number of aliphatic hydroxyl groups is 1. The van der Waals surface area contributed by atoms with Crippen molar-refractivity contribution in [1.82, 2.24) is 4.72 Å². The van der Waals surface area contributed by atoms with Crippen LogP contribution in [0.1, 0.15) is 30.6 Å². The summed E-state index contributed by atoms with van der Waals surface area (Å²) in [7, 11) is -3.59. The summed E-state index contributed by atoms with van der Waals surface area (Å²) in [5, 5.41) is 18.0. The van der Waals surface area contributed by atoms with Crippen LogP contribution in [0.2, 0.25) is 0 Å². The number of nitrogens with zero attached hydrogens (tertiary/aromatic N) is 1. The number of nitriles is 1. The van der Waals surface area contributed by atoms with Crippen LogP contribution < -0.4 is 4.72 Å². The summed E-state index contributed by atoms with van der Waals surface area (Å²) in [6, 6.07) is 4.67. The summed E-state index contributed by atoms with van der Waals surface area (Å²) in [5.74, 6) is -0.0149. The fourth-order valence-corrected chi connectivity index (χ4v) is 4.82. The first-order valence-corrected chi connectivity index (χ1v) is 8.50. The predicted octanol–water partition coefficient (Wildman–Crippen LogP) is 1.45. The summed E-state index contributed by atoms with van der Waals surface area (Å²) in [4.78, 5) is 0.378. The van der Waals surface area contributed by atoms with Gasteiger partial charge in [-0.3, -0.25) is 0 Å². The second-order valence-corrected chi connectivity index (χ2v) is 7.71. The maximum Gasteiger partial charge on any atom is 0.250 e. The van der Waals surface area contributed by atoms with Gasteiger partial charge in [-0.2, -0.15) is 5.26 Å². The first-order valence-electron chi connectivity index (χ1n) is 6.20. The Labute approximate surface area is 116 Å². The largest absolute Gasteiger partial charge is 0.396 e. The first kappa shape index (κ1) is 14.5. The molecule has 2 atom stereocenters. The molecule has 5 nitrogen and oxygen atoms in total. The molecule has 0 spiro atoms. The minimum absolute atomic E-state index is 0.00106. The van der Waals surface area contributed by atoms with Gasteiger partial charge in [-0.25, -0.2) is 13.1 Å². The molecule has 0 aromatic carbocycles. The molecule has 104 valence electrons. The van der Waals surface area contributed by atoms with Gasteiger partial charge in [0.05, 0.1) is 0 Å². The Kier molecular flexibility index (Phi) is 4.58. The van der Waals surface area contributed by atoms with Crippen LogP contribution in [0.25, 0.3) is 0 Å². The van der Waals surface area contributed by atoms with Gasteiger partial charge in [-0.05, 0) is 30.9 Å². The number of hydrogen-bond donors (Lipinski definition) is 2. The van der Waals surface area contributed by atoms with Crippen LogP contribution in [-0.4, -0.2) is 26.2 Å². The standard InChI is InChI=1S/C12H16N2O3S2/c13-7-10-5-6-12(18-10)19(16,17)14-11-4-2-1-3-9(11)8-15/h5-6,9,11,14-15H,1-4,8H2. The summed E-state index contributed by atoms with van der Waals surface area (Å²) in [6.07, 6.45) is 3.59. The van der Waals surface area contributed by atoms with Gasteiger partial charge in [0.15, 0.2) is 0 Å². The number of thiophene rings is 1. The molecule has 2 unspecified atom stereocenters. The van der Waals surface area contributed by atoms with Crippen LogP contribution >= 0.6 is 11.3 Å². The lowest BCUT2D eigenvalue weighted by molar-refractivity contribution is 0.164. The second kappa shape index (κ2) is 6.01. The van der Waals surface area contributed by atoms with E-state index in [0.29, 0.717) is 4.88 Å². The van der Waals surface area contributed by atoms with E-state index in [1.54, 1.807) is 0 Å². The molecule has 1 aliphatic rings. The van der Waals surface area contributed by atoms with Crippen molar-refractivity contribution in [3.8, 4) is 6.07 Å². The van der Waals surface area contributed by atoms with E-state index in [1.165, 1.54) is 12.1 Å². The van der Waals surface area contributed by atoms with Crippen LogP contribution in [0.3, 0.4) is 0 Å². The van der Waals surface area contributed by atoms with Gasteiger partial charge in [-0.15, -0.1) is 11.3 Å². The molecule has 2 rings (SSSR count). The quantitative estimate of drug-likeness (QED) is 0.880. The highest BCUT2D eigenvalue weighted by Gasteiger charge is 2.29. The van der Waals surface area contributed by atoms with Gasteiger partial charge in [0.2, 0.25) is 10.0 Å². The molecule has 1 heterocycles. The molecule has 2 N–H and O–H groups in total. The number of sulfonamides is 1. The normalized spacial score (nSPS) is 24.0. The van der Waals surface area contributed by atoms with E-state index in [0.717, 1.165) is 37.0 Å². The number of aliphatic hydroxyl groups excluding tert-OH is 1. The van der Waals surface area contributed by atoms with Crippen LogP contribution in [0.15, 0.2) is 16.3 Å². The Bertz CT molecular complexity index is 574. The van der Waals surface area contributed by atoms with Crippen LogP contribution in [0.5, 0.6) is 0 Å². The van der Waals surface area contributed by atoms with Gasteiger partial charge < -0.3 is 5.11 Å². The summed E-state index contributed by atoms with van der Waals surface area (Å²) >= 11 is 0.963. The Morgan fingerprint density at radius 2 is 2.16 bits per heavy atom. The van der Waals surface area contributed by atoms with Gasteiger partial charge in [0, 0.05) is 12.6 Å². The van der Waals surface area contributed by atoms with E-state index in [1.807, 2.05) is 6.07 Å². The van der Waals surface area contributed by atoms with Gasteiger partial charge >= 0.3 is 0 Å². The van der Waals surface area contributed by atoms with Crippen molar-refractivity contribution >= 4 is 21.4 Å². The van der Waals surface area contributed by atoms with Crippen molar-refractivity contribution in [2.45, 2.75) is 35.9 Å². The smallest absolute Gasteiger partial charge is 0.250 e. The van der Waals surface area contributed by atoms with E-state index in [4.69, 9.17) is 5.26 Å². The summed E-state index contributed by atoms with van der Waals surface area (Å²) in [6.45, 7) is 0.00106. The minimum atomic E-state index is -3.59. The second-order valence-electron chi connectivity index (χ2n) is 4.69. The van der Waals surface area contributed by atoms with Gasteiger partial charge in [0.1, 0.15) is 15.2 Å². The van der Waals surface area contributed by atoms with Crippen LogP contribution in [0.4, 0.5) is 0 Å². The highest BCUT2D eigenvalue weighted by molar-refractivity contribution is 7.91. The zero-order valence-electron chi connectivity index (χ0n) is 10.4. The van der Waals surface area contributed by atoms with Gasteiger partial charge in [0.25, 0.3) is 0 Å². The Morgan fingerprint density at radius 1 is 1.42 bits per heavy atom. The average molecular weight is 300 g/mol. The van der Waals surface area contributed by atoms with Crippen LogP contribution in [-0.2, 0) is 10.0 Å². The zero-order chi connectivity index (χ0) is 13.9. The molecule has 1 fully saturated rings. The third-order valence-corrected chi connectivity index (χ3v) is 6.38. The van der Waals surface area contributed by atoms with Crippen molar-refractivity contribution < 1.29 is 13.5 Å². The first-order chi connectivity index (χ1) is 9.06. The fourth-order valence-electron chi connectivity index (χ4n) is 2.36. The molecule has 1 saturated carbocycles. The van der Waals surface area contributed by atoms with Crippen molar-refractivity contribution in [3.63, 3.8) is 0 Å². The molecule has 0 bridgehead atoms. The third-order valence-electron chi connectivity index (χ3n) is 3.41. The van der Waals surface area contributed by atoms with E-state index >= 15 is 0 Å². The Balaban J connectivity index is 2.14. The van der Waals surface area contributed by atoms with E-state index < -0.39 is 10.0 Å². The van der Waals surface area contributed by atoms with Crippen molar-refractivity contribution in [2.75, 3.05) is 6.61 Å². The average Bonchev–Trinajstić information content (AvgIpc) is 2.88. The Hall–Kier alpha value is -0.940. The molecule has 0 amide bonds. The zero-order valence-corrected chi connectivity index (χ0v) is 12.0. The SMILES string of the molecule is N#Cc1ccc(S(=O)(=O)NC2CCCCC2CO)s1. The minimum Gasteiger partial charge on any atom is -0.396 e. The molecule has 1 aliphatic carbocycles. The Morgan fingerprint density at radius 3 is 2.79 bits per heavy atom. The molecule has 0 aliphatic heterocycles. The number of rotatable bonds is 4. The fraction of sp³-hybridized carbons (Fsp3) is 0.583. The van der Waals surface area contributed by atoms with Crippen LogP contribution in [0, 0.1) is 17.2 Å². The highest BCUT2D eigenvalue weighted by Crippen LogP contribution is 2.27. The monoisotopic (exact) mass is 300 g/mol. The predicted molar refractivity (Wildman–Crippen MR) is 72.2 cm³/mol. The molecule has 0 radical (unpaired) electrons. The van der Waals surface area contributed by atoms with Crippen molar-refractivity contribution in [3.05, 3.63) is 17.0 Å². The summed E-state index contributed by atoms with van der Waals surface area (Å²) in [5.41, 5.74) is 0. The molecule has 0 saturated heterocycles. The van der Waals surface area contributed by atoms with E-state index in [2.05, 4.69) is 4.72 Å². The maximum atomic E-state index is 12.2. The van der Waals surface area contributed by atoms with Crippen molar-refractivity contribution in [2.24, 2.45) is 5.92 Å². The lowest BCUT2D eigenvalue weighted by atomic mass is 9.86. The molecule has 7 heteroatoms. The number of hydrogen-bond acceptors (Lipinski definition) is 5. The van der Waals surface area contributed by atoms with Crippen molar-refractivity contribution in [1.29, 1.82) is 5.26 Å². The lowest BCUT2D eigenvalue weighted by Crippen LogP contribution is -2.43. The summed E-state index contributed by atoms with van der Waals surface area (Å²) < 4.78 is 27.2. The highest BCUT2D eigenvalue weighted by atomic mass is 32.2. The van der Waals surface area contributed by atoms with E-state index in [9.17, 15) is 13.5 Å². The molecular weight excluding hydrogens is 284 g/mol. The number of nitrogens with one attached hydrogen (secondary N) is 1. The lowest BCUT2D eigenvalue weighted by Gasteiger charge is -2.30. The van der Waals surface area contributed by atoms with Gasteiger partial charge in [-0.1, -0.05) is 12.8 Å². The molecular formula is C12H16N2O3S2.